The quantitative estimate of drug-likeness (QED) is 0.726. The number of nitriles is 1. The van der Waals surface area contributed by atoms with Crippen molar-refractivity contribution < 1.29 is 9.90 Å². The van der Waals surface area contributed by atoms with E-state index < -0.39 is 11.6 Å². The number of carbonyl (C=O) groups excluding carboxylic acids is 1. The number of hydrogen-bond donors (Lipinski definition) is 3. The lowest BCUT2D eigenvalue weighted by atomic mass is 9.83. The number of aromatic amines is 1. The molecule has 2 aliphatic rings. The number of β-amino-alcohol motifs (C(OH)–C–C–N with tert-alkyl or cyclic N) is 1. The maximum Gasteiger partial charge on any atom is 0.235 e. The van der Waals surface area contributed by atoms with E-state index in [1.165, 1.54) is 0 Å². The van der Waals surface area contributed by atoms with Crippen LogP contribution in [0.4, 0.5) is 0 Å². The Morgan fingerprint density at radius 1 is 1.48 bits per heavy atom. The number of amides is 1. The fraction of sp³-hybridized carbons (Fsp3) is 0.765. The first-order valence-electron chi connectivity index (χ1n) is 9.11. The standard InChI is InChI=1S/C17H26N6O2/c1-2-14-19-16(22-21-14)13-8-12(24)9-23(13)10-15(25)20-17(11-18)6-4-3-5-7-17/h12-13,24H,2-10H2,1H3,(H,20,25)(H,19,21,22)/t12-,13+/m1/s1. The third kappa shape index (κ3) is 3.99. The van der Waals surface area contributed by atoms with Gasteiger partial charge in [-0.25, -0.2) is 4.98 Å². The maximum atomic E-state index is 12.5. The Morgan fingerprint density at radius 2 is 2.24 bits per heavy atom. The van der Waals surface area contributed by atoms with Crippen LogP contribution in [0.15, 0.2) is 0 Å². The smallest absolute Gasteiger partial charge is 0.235 e. The molecule has 1 aromatic heterocycles. The van der Waals surface area contributed by atoms with Gasteiger partial charge in [0.25, 0.3) is 0 Å². The minimum absolute atomic E-state index is 0.146. The van der Waals surface area contributed by atoms with Gasteiger partial charge >= 0.3 is 0 Å². The highest BCUT2D eigenvalue weighted by Crippen LogP contribution is 2.31. The summed E-state index contributed by atoms with van der Waals surface area (Å²) in [6.07, 6.45) is 5.24. The van der Waals surface area contributed by atoms with E-state index in [9.17, 15) is 15.2 Å². The van der Waals surface area contributed by atoms with Crippen LogP contribution in [0.3, 0.4) is 0 Å². The van der Waals surface area contributed by atoms with Gasteiger partial charge in [-0.1, -0.05) is 26.2 Å². The lowest BCUT2D eigenvalue weighted by Gasteiger charge is -2.32. The van der Waals surface area contributed by atoms with Crippen molar-refractivity contribution in [2.24, 2.45) is 0 Å². The second-order valence-electron chi connectivity index (χ2n) is 7.13. The lowest BCUT2D eigenvalue weighted by Crippen LogP contribution is -2.51. The van der Waals surface area contributed by atoms with Gasteiger partial charge in [-0.2, -0.15) is 10.4 Å². The third-order valence-electron chi connectivity index (χ3n) is 5.21. The lowest BCUT2D eigenvalue weighted by molar-refractivity contribution is -0.124. The molecule has 1 saturated heterocycles. The molecule has 1 aromatic rings. The second-order valence-corrected chi connectivity index (χ2v) is 7.13. The average Bonchev–Trinajstić information content (AvgIpc) is 3.21. The topological polar surface area (TPSA) is 118 Å². The molecule has 8 nitrogen and oxygen atoms in total. The van der Waals surface area contributed by atoms with Crippen LogP contribution < -0.4 is 5.32 Å². The Balaban J connectivity index is 1.65. The van der Waals surface area contributed by atoms with Gasteiger partial charge in [-0.05, 0) is 19.3 Å². The monoisotopic (exact) mass is 346 g/mol. The molecule has 0 radical (unpaired) electrons. The zero-order valence-electron chi connectivity index (χ0n) is 14.7. The summed E-state index contributed by atoms with van der Waals surface area (Å²) >= 11 is 0. The summed E-state index contributed by atoms with van der Waals surface area (Å²) in [5, 5.41) is 29.6. The Hall–Kier alpha value is -1.98. The van der Waals surface area contributed by atoms with E-state index in [-0.39, 0.29) is 18.5 Å². The molecular formula is C17H26N6O2. The molecule has 1 saturated carbocycles. The molecule has 1 aliphatic carbocycles. The first-order chi connectivity index (χ1) is 12.0. The summed E-state index contributed by atoms with van der Waals surface area (Å²) < 4.78 is 0. The van der Waals surface area contributed by atoms with Gasteiger partial charge in [0, 0.05) is 13.0 Å². The predicted molar refractivity (Wildman–Crippen MR) is 90.3 cm³/mol. The highest BCUT2D eigenvalue weighted by atomic mass is 16.3. The average molecular weight is 346 g/mol. The van der Waals surface area contributed by atoms with Crippen molar-refractivity contribution in [2.75, 3.05) is 13.1 Å². The molecule has 1 amide bonds. The zero-order chi connectivity index (χ0) is 17.9. The van der Waals surface area contributed by atoms with Gasteiger partial charge in [0.15, 0.2) is 0 Å². The van der Waals surface area contributed by atoms with Crippen molar-refractivity contribution >= 4 is 5.91 Å². The van der Waals surface area contributed by atoms with Crippen LogP contribution in [0.25, 0.3) is 0 Å². The number of aliphatic hydroxyl groups is 1. The van der Waals surface area contributed by atoms with E-state index in [1.807, 2.05) is 11.8 Å². The van der Waals surface area contributed by atoms with Crippen LogP contribution in [0.1, 0.15) is 63.1 Å². The van der Waals surface area contributed by atoms with E-state index in [2.05, 4.69) is 26.6 Å². The zero-order valence-corrected chi connectivity index (χ0v) is 14.7. The summed E-state index contributed by atoms with van der Waals surface area (Å²) in [4.78, 5) is 18.9. The highest BCUT2D eigenvalue weighted by Gasteiger charge is 2.38. The molecule has 136 valence electrons. The predicted octanol–water partition coefficient (Wildman–Crippen LogP) is 0.817. The Labute approximate surface area is 147 Å². The number of hydrogen-bond acceptors (Lipinski definition) is 6. The Bertz CT molecular complexity index is 646. The number of aryl methyl sites for hydroxylation is 1. The van der Waals surface area contributed by atoms with Crippen LogP contribution in [0.5, 0.6) is 0 Å². The van der Waals surface area contributed by atoms with E-state index in [1.54, 1.807) is 0 Å². The van der Waals surface area contributed by atoms with E-state index in [4.69, 9.17) is 0 Å². The van der Waals surface area contributed by atoms with Crippen molar-refractivity contribution in [3.05, 3.63) is 11.6 Å². The van der Waals surface area contributed by atoms with Gasteiger partial charge in [-0.15, -0.1) is 0 Å². The summed E-state index contributed by atoms with van der Waals surface area (Å²) in [5.74, 6) is 1.25. The Morgan fingerprint density at radius 3 is 2.88 bits per heavy atom. The fourth-order valence-electron chi connectivity index (χ4n) is 3.87. The molecule has 8 heteroatoms. The molecule has 0 spiro atoms. The van der Waals surface area contributed by atoms with Crippen molar-refractivity contribution in [2.45, 2.75) is 69.6 Å². The molecular weight excluding hydrogens is 320 g/mol. The van der Waals surface area contributed by atoms with Crippen LogP contribution in [-0.4, -0.2) is 55.8 Å². The van der Waals surface area contributed by atoms with Crippen LogP contribution in [0, 0.1) is 11.3 Å². The number of nitrogens with zero attached hydrogens (tertiary/aromatic N) is 4. The summed E-state index contributed by atoms with van der Waals surface area (Å²) in [6, 6.07) is 2.15. The van der Waals surface area contributed by atoms with Gasteiger partial charge in [0.1, 0.15) is 17.2 Å². The fourth-order valence-corrected chi connectivity index (χ4v) is 3.87. The molecule has 0 bridgehead atoms. The van der Waals surface area contributed by atoms with Crippen LogP contribution in [0.2, 0.25) is 0 Å². The first-order valence-corrected chi connectivity index (χ1v) is 9.11. The molecule has 2 atom stereocenters. The minimum atomic E-state index is -0.731. The number of aromatic nitrogens is 3. The van der Waals surface area contributed by atoms with Crippen molar-refractivity contribution in [1.82, 2.24) is 25.4 Å². The SMILES string of the molecule is CCc1n[nH]c([C@@H]2C[C@@H](O)CN2CC(=O)NC2(C#N)CCCCC2)n1. The number of aliphatic hydroxyl groups excluding tert-OH is 1. The van der Waals surface area contributed by atoms with Crippen molar-refractivity contribution in [1.29, 1.82) is 5.26 Å². The number of likely N-dealkylation sites (tertiary alicyclic amines) is 1. The Kier molecular flexibility index (Phi) is 5.35. The molecule has 3 rings (SSSR count). The molecule has 0 aromatic carbocycles. The maximum absolute atomic E-state index is 12.5. The van der Waals surface area contributed by atoms with Gasteiger partial charge < -0.3 is 10.4 Å². The summed E-state index contributed by atoms with van der Waals surface area (Å²) in [5.41, 5.74) is -0.731. The summed E-state index contributed by atoms with van der Waals surface area (Å²) in [7, 11) is 0. The third-order valence-corrected chi connectivity index (χ3v) is 5.21. The molecule has 0 unspecified atom stereocenters. The normalized spacial score (nSPS) is 26.3. The largest absolute Gasteiger partial charge is 0.392 e. The molecule has 2 heterocycles. The number of carbonyl (C=O) groups is 1. The molecule has 1 aliphatic heterocycles. The second kappa shape index (κ2) is 7.50. The number of nitrogens with one attached hydrogen (secondary N) is 2. The van der Waals surface area contributed by atoms with Gasteiger partial charge in [-0.3, -0.25) is 14.8 Å². The van der Waals surface area contributed by atoms with Crippen LogP contribution in [-0.2, 0) is 11.2 Å². The van der Waals surface area contributed by atoms with Crippen molar-refractivity contribution in [3.63, 3.8) is 0 Å². The summed E-state index contributed by atoms with van der Waals surface area (Å²) in [6.45, 7) is 2.54. The number of H-pyrrole nitrogens is 1. The molecule has 3 N–H and O–H groups in total. The van der Waals surface area contributed by atoms with Gasteiger partial charge in [0.05, 0.1) is 24.8 Å². The van der Waals surface area contributed by atoms with Crippen molar-refractivity contribution in [3.8, 4) is 6.07 Å². The number of rotatable bonds is 5. The van der Waals surface area contributed by atoms with E-state index >= 15 is 0 Å². The minimum Gasteiger partial charge on any atom is -0.392 e. The van der Waals surface area contributed by atoms with E-state index in [0.717, 1.165) is 31.5 Å². The van der Waals surface area contributed by atoms with Gasteiger partial charge in [0.2, 0.25) is 5.91 Å². The molecule has 2 fully saturated rings. The molecule has 25 heavy (non-hydrogen) atoms. The first kappa shape index (κ1) is 17.8. The highest BCUT2D eigenvalue weighted by molar-refractivity contribution is 5.79. The van der Waals surface area contributed by atoms with E-state index in [0.29, 0.717) is 31.6 Å². The van der Waals surface area contributed by atoms with Crippen LogP contribution >= 0.6 is 0 Å².